The van der Waals surface area contributed by atoms with Gasteiger partial charge in [0.15, 0.2) is 0 Å². The number of hydrogen-bond acceptors (Lipinski definition) is 12. The maximum Gasteiger partial charge on any atom is 0.475 e. The predicted octanol–water partition coefficient (Wildman–Crippen LogP) is 8.24. The molecule has 1 fully saturated rings. The third kappa shape index (κ3) is 19.0. The Hall–Kier alpha value is -0.0900. The minimum absolute atomic E-state index is 0.0407. The second-order valence-corrected chi connectivity index (χ2v) is 17.1. The summed E-state index contributed by atoms with van der Waals surface area (Å²) in [6, 6.07) is -1.41. The molecule has 49 heavy (non-hydrogen) atoms. The average Bonchev–Trinajstić information content (AvgIpc) is 3.03. The third-order valence-electron chi connectivity index (χ3n) is 6.79. The van der Waals surface area contributed by atoms with Crippen LogP contribution in [0.1, 0.15) is 51.9 Å². The zero-order valence-corrected chi connectivity index (χ0v) is 33.2. The molecule has 0 aromatic heterocycles. The second kappa shape index (κ2) is 24.3. The molecule has 0 aliphatic carbocycles. The van der Waals surface area contributed by atoms with E-state index in [1.807, 2.05) is 0 Å². The number of halogens is 6. The van der Waals surface area contributed by atoms with Crippen LogP contribution in [0.4, 0.5) is 4.79 Å². The Balaban J connectivity index is 3.58. The molecule has 286 valence electrons. The maximum absolute atomic E-state index is 13.8. The first kappa shape index (κ1) is 46.9. The van der Waals surface area contributed by atoms with Crippen LogP contribution in [0, 0.1) is 5.41 Å². The number of carbonyl (C=O) groups excluding carboxylic acids is 1. The van der Waals surface area contributed by atoms with E-state index in [-0.39, 0.29) is 32.5 Å². The fourth-order valence-electron chi connectivity index (χ4n) is 4.52. The van der Waals surface area contributed by atoms with E-state index in [0.717, 1.165) is 38.5 Å². The van der Waals surface area contributed by atoms with Crippen molar-refractivity contribution in [3.8, 4) is 0 Å². The Labute approximate surface area is 318 Å². The second-order valence-electron chi connectivity index (χ2n) is 10.7. The molecule has 1 aliphatic heterocycles. The highest BCUT2D eigenvalue weighted by molar-refractivity contribution is 7.48. The molecule has 1 saturated heterocycles. The van der Waals surface area contributed by atoms with Crippen LogP contribution in [0.5, 0.6) is 0 Å². The molecule has 1 rings (SSSR count). The highest BCUT2D eigenvalue weighted by Crippen LogP contribution is 2.52. The monoisotopic (exact) mass is 840 g/mol. The van der Waals surface area contributed by atoms with Crippen molar-refractivity contribution in [2.75, 3.05) is 47.3 Å². The highest BCUT2D eigenvalue weighted by atomic mass is 35.6. The largest absolute Gasteiger partial charge is 0.475 e. The molecule has 0 saturated carbocycles. The van der Waals surface area contributed by atoms with Crippen LogP contribution in [0.2, 0.25) is 0 Å². The van der Waals surface area contributed by atoms with Crippen molar-refractivity contribution in [1.29, 1.82) is 5.41 Å². The van der Waals surface area contributed by atoms with Crippen LogP contribution in [-0.4, -0.2) is 104 Å². The molecule has 13 nitrogen and oxygen atoms in total. The van der Waals surface area contributed by atoms with Gasteiger partial charge in [-0.3, -0.25) is 19.0 Å². The molecule has 0 bridgehead atoms. The molecule has 1 heterocycles. The summed E-state index contributed by atoms with van der Waals surface area (Å²) >= 11 is 35.0. The minimum Gasteiger partial charge on any atom is -0.446 e. The van der Waals surface area contributed by atoms with Gasteiger partial charge in [0.2, 0.25) is 16.0 Å². The van der Waals surface area contributed by atoms with E-state index in [4.69, 9.17) is 117 Å². The smallest absolute Gasteiger partial charge is 0.446 e. The topological polar surface area (TPSA) is 153 Å². The molecular formula is C29H47Cl6N2O11P. The normalized spacial score (nSPS) is 22.3. The summed E-state index contributed by atoms with van der Waals surface area (Å²) < 4.78 is 60.6. The van der Waals surface area contributed by atoms with Gasteiger partial charge in [0.05, 0.1) is 25.9 Å². The zero-order chi connectivity index (χ0) is 37.1. The van der Waals surface area contributed by atoms with Crippen molar-refractivity contribution in [1.82, 2.24) is 5.32 Å². The number of carbonyl (C=O) groups is 1. The Morgan fingerprint density at radius 1 is 1.00 bits per heavy atom. The van der Waals surface area contributed by atoms with E-state index in [2.05, 4.69) is 25.4 Å². The molecule has 0 spiro atoms. The van der Waals surface area contributed by atoms with Crippen molar-refractivity contribution in [3.05, 3.63) is 25.3 Å². The summed E-state index contributed by atoms with van der Waals surface area (Å²) in [7, 11) is -1.42. The number of rotatable bonds is 24. The molecule has 20 heteroatoms. The lowest BCUT2D eigenvalue weighted by atomic mass is 9.96. The number of phosphoric acid groups is 1. The maximum atomic E-state index is 13.8. The van der Waals surface area contributed by atoms with Crippen molar-refractivity contribution in [2.24, 2.45) is 0 Å². The fourth-order valence-corrected chi connectivity index (χ4v) is 6.14. The molecule has 1 aliphatic rings. The van der Waals surface area contributed by atoms with E-state index in [1.165, 1.54) is 19.3 Å². The molecule has 0 aromatic carbocycles. The van der Waals surface area contributed by atoms with Crippen LogP contribution in [0.3, 0.4) is 0 Å². The fraction of sp³-hybridized carbons (Fsp3) is 0.793. The zero-order valence-electron chi connectivity index (χ0n) is 27.7. The number of alkyl halides is 6. The van der Waals surface area contributed by atoms with Crippen LogP contribution in [-0.2, 0) is 46.6 Å². The van der Waals surface area contributed by atoms with E-state index < -0.39 is 64.6 Å². The highest BCUT2D eigenvalue weighted by Gasteiger charge is 2.53. The molecule has 6 atom stereocenters. The van der Waals surface area contributed by atoms with Gasteiger partial charge < -0.3 is 33.7 Å². The van der Waals surface area contributed by atoms with Gasteiger partial charge in [0.1, 0.15) is 31.0 Å². The van der Waals surface area contributed by atoms with Crippen molar-refractivity contribution >= 4 is 89.4 Å². The Morgan fingerprint density at radius 3 is 2.16 bits per heavy atom. The lowest BCUT2D eigenvalue weighted by Crippen LogP contribution is -2.66. The molecule has 1 unspecified atom stereocenters. The van der Waals surface area contributed by atoms with Crippen LogP contribution < -0.4 is 5.32 Å². The summed E-state index contributed by atoms with van der Waals surface area (Å²) in [5, 5.41) is 10.7. The van der Waals surface area contributed by atoms with Gasteiger partial charge in [0, 0.05) is 20.8 Å². The number of methoxy groups -OCH3 is 2. The van der Waals surface area contributed by atoms with Gasteiger partial charge in [-0.15, -0.1) is 13.2 Å². The van der Waals surface area contributed by atoms with Gasteiger partial charge in [-0.2, -0.15) is 0 Å². The number of hydrogen-bond donors (Lipinski definition) is 2. The molecule has 2 N–H and O–H groups in total. The first-order valence-corrected chi connectivity index (χ1v) is 19.2. The van der Waals surface area contributed by atoms with E-state index in [1.54, 1.807) is 7.11 Å². The number of unbranched alkanes of at least 4 members (excludes halogenated alkanes) is 4. The lowest BCUT2D eigenvalue weighted by molar-refractivity contribution is -0.256. The Kier molecular flexibility index (Phi) is 23.2. The van der Waals surface area contributed by atoms with E-state index in [9.17, 15) is 9.36 Å². The summed E-state index contributed by atoms with van der Waals surface area (Å²) in [5.74, 6) is -0.852. The van der Waals surface area contributed by atoms with Gasteiger partial charge in [-0.05, 0) is 12.8 Å². The summed E-state index contributed by atoms with van der Waals surface area (Å²) in [6.07, 6.45) is 2.64. The van der Waals surface area contributed by atoms with E-state index in [0.29, 0.717) is 6.42 Å². The number of nitrogens with one attached hydrogen (secondary N) is 2. The lowest BCUT2D eigenvalue weighted by Gasteiger charge is -2.46. The van der Waals surface area contributed by atoms with Gasteiger partial charge in [0.25, 0.3) is 3.79 Å². The van der Waals surface area contributed by atoms with Crippen LogP contribution in [0.25, 0.3) is 0 Å². The van der Waals surface area contributed by atoms with Crippen LogP contribution in [0.15, 0.2) is 25.3 Å². The number of alkyl carbamates (subject to hydrolysis) is 1. The molecule has 0 aromatic rings. The average molecular weight is 843 g/mol. The standard InChI is InChI=1S/C29H47Cl6N2O11P/c1-6-9-10-11-12-13-20(41-5)14-17-42-24-22(37-27(38)43-19-28(30,31)32)25(47-26(36)29(33,34)35)46-21(18-40-4)23(24)48-49(39,44-15-7-2)45-16-8-3/h7-8,20-25,36H,2-3,6,9-19H2,1,4-5H3,(H,37,38)/t20-,21-,22-,23-,24-,25?/m1/s1. The number of phosphoric ester groups is 1. The van der Waals surface area contributed by atoms with Crippen LogP contribution >= 0.6 is 77.4 Å². The summed E-state index contributed by atoms with van der Waals surface area (Å²) in [5.41, 5.74) is 0. The summed E-state index contributed by atoms with van der Waals surface area (Å²) in [6.45, 7) is 8.06. The predicted molar refractivity (Wildman–Crippen MR) is 192 cm³/mol. The Bertz CT molecular complexity index is 1040. The van der Waals surface area contributed by atoms with E-state index >= 15 is 0 Å². The molecular weight excluding hydrogens is 796 g/mol. The van der Waals surface area contributed by atoms with Crippen molar-refractivity contribution in [3.63, 3.8) is 0 Å². The van der Waals surface area contributed by atoms with Gasteiger partial charge >= 0.3 is 13.9 Å². The minimum atomic E-state index is -4.40. The summed E-state index contributed by atoms with van der Waals surface area (Å²) in [4.78, 5) is 13.0. The van der Waals surface area contributed by atoms with Crippen molar-refractivity contribution in [2.45, 2.75) is 96.2 Å². The molecule has 0 radical (unpaired) electrons. The number of ether oxygens (including phenoxy) is 6. The first-order chi connectivity index (χ1) is 23.0. The first-order valence-electron chi connectivity index (χ1n) is 15.4. The quantitative estimate of drug-likeness (QED) is 0.0241. The van der Waals surface area contributed by atoms with Crippen molar-refractivity contribution < 1.29 is 51.4 Å². The molecule has 1 amide bonds. The van der Waals surface area contributed by atoms with Gasteiger partial charge in [-0.25, -0.2) is 9.36 Å². The number of amides is 1. The Morgan fingerprint density at radius 2 is 1.63 bits per heavy atom. The van der Waals surface area contributed by atoms with Gasteiger partial charge in [-0.1, -0.05) is 121 Å². The SMILES string of the molecule is C=CCOP(=O)(OCC=C)O[C@H]1[C@H](OCC[C@@H](CCCCCCC)OC)[C@@H](NC(=O)OCC(Cl)(Cl)Cl)C(OC(=N)C(Cl)(Cl)Cl)O[C@@H]1COC. The third-order valence-corrected chi connectivity index (χ3v) is 9.06.